The molecule has 0 bridgehead atoms. The average Bonchev–Trinajstić information content (AvgIpc) is 3.50. The molecule has 140 valence electrons. The van der Waals surface area contributed by atoms with Gasteiger partial charge in [-0.15, -0.1) is 0 Å². The Bertz CT molecular complexity index is 821. The van der Waals surface area contributed by atoms with E-state index in [1.54, 1.807) is 0 Å². The van der Waals surface area contributed by atoms with Crippen LogP contribution in [-0.2, 0) is 9.59 Å². The maximum Gasteiger partial charge on any atom is 0.246 e. The standard InChI is InChI=1S/C21H22FN3O2/c22-16-6-8-17(9-7-16)23-21(27)20(15-4-2-1-3-5-15)24-12-13-25(18-10-11-18)19(26)14-24/h1-9,18,20H,10-14H2,(H,23,27)/t20-/m1/s1. The molecule has 2 aromatic carbocycles. The van der Waals surface area contributed by atoms with Crippen LogP contribution >= 0.6 is 0 Å². The smallest absolute Gasteiger partial charge is 0.246 e. The molecule has 27 heavy (non-hydrogen) atoms. The Balaban J connectivity index is 1.54. The summed E-state index contributed by atoms with van der Waals surface area (Å²) in [6.45, 7) is 1.53. The molecular formula is C21H22FN3O2. The van der Waals surface area contributed by atoms with Crippen molar-refractivity contribution in [1.29, 1.82) is 0 Å². The monoisotopic (exact) mass is 367 g/mol. The van der Waals surface area contributed by atoms with E-state index >= 15 is 0 Å². The van der Waals surface area contributed by atoms with Crippen molar-refractivity contribution in [3.8, 4) is 0 Å². The van der Waals surface area contributed by atoms with Gasteiger partial charge in [-0.25, -0.2) is 4.39 Å². The molecular weight excluding hydrogens is 345 g/mol. The van der Waals surface area contributed by atoms with E-state index in [-0.39, 0.29) is 24.2 Å². The first-order valence-corrected chi connectivity index (χ1v) is 9.27. The van der Waals surface area contributed by atoms with Crippen LogP contribution in [-0.4, -0.2) is 47.3 Å². The zero-order valence-electron chi connectivity index (χ0n) is 15.0. The molecule has 6 heteroatoms. The van der Waals surface area contributed by atoms with Crippen LogP contribution in [0.5, 0.6) is 0 Å². The van der Waals surface area contributed by atoms with Gasteiger partial charge >= 0.3 is 0 Å². The number of hydrogen-bond acceptors (Lipinski definition) is 3. The van der Waals surface area contributed by atoms with Crippen molar-refractivity contribution in [3.05, 3.63) is 66.0 Å². The maximum atomic E-state index is 13.1. The van der Waals surface area contributed by atoms with E-state index in [0.717, 1.165) is 18.4 Å². The van der Waals surface area contributed by atoms with E-state index in [1.807, 2.05) is 40.1 Å². The molecule has 4 rings (SSSR count). The van der Waals surface area contributed by atoms with Crippen LogP contribution in [0.3, 0.4) is 0 Å². The lowest BCUT2D eigenvalue weighted by molar-refractivity contribution is -0.139. The molecule has 1 atom stereocenters. The van der Waals surface area contributed by atoms with Gasteiger partial charge in [-0.3, -0.25) is 14.5 Å². The molecule has 2 aliphatic rings. The van der Waals surface area contributed by atoms with Gasteiger partial charge in [0, 0.05) is 24.8 Å². The van der Waals surface area contributed by atoms with Crippen LogP contribution in [0.15, 0.2) is 54.6 Å². The number of hydrogen-bond donors (Lipinski definition) is 1. The number of nitrogens with zero attached hydrogens (tertiary/aromatic N) is 2. The molecule has 0 radical (unpaired) electrons. The van der Waals surface area contributed by atoms with Crippen LogP contribution < -0.4 is 5.32 Å². The number of carbonyl (C=O) groups is 2. The molecule has 2 amide bonds. The Kier molecular flexibility index (Phi) is 4.90. The van der Waals surface area contributed by atoms with Crippen molar-refractivity contribution in [2.45, 2.75) is 24.9 Å². The minimum Gasteiger partial charge on any atom is -0.337 e. The summed E-state index contributed by atoms with van der Waals surface area (Å²) in [4.78, 5) is 29.5. The first kappa shape index (κ1) is 17.7. The summed E-state index contributed by atoms with van der Waals surface area (Å²) in [6, 6.07) is 15.0. The van der Waals surface area contributed by atoms with E-state index < -0.39 is 6.04 Å². The second-order valence-electron chi connectivity index (χ2n) is 7.10. The first-order valence-electron chi connectivity index (χ1n) is 9.27. The Morgan fingerprint density at radius 1 is 1.04 bits per heavy atom. The van der Waals surface area contributed by atoms with Gasteiger partial charge in [-0.1, -0.05) is 30.3 Å². The molecule has 0 aromatic heterocycles. The first-order chi connectivity index (χ1) is 13.1. The third-order valence-corrected chi connectivity index (χ3v) is 5.12. The van der Waals surface area contributed by atoms with E-state index in [1.165, 1.54) is 24.3 Å². The molecule has 2 aromatic rings. The van der Waals surface area contributed by atoms with Crippen molar-refractivity contribution >= 4 is 17.5 Å². The van der Waals surface area contributed by atoms with Gasteiger partial charge in [0.2, 0.25) is 11.8 Å². The molecule has 1 N–H and O–H groups in total. The number of benzene rings is 2. The van der Waals surface area contributed by atoms with E-state index in [0.29, 0.717) is 24.8 Å². The fraction of sp³-hybridized carbons (Fsp3) is 0.333. The summed E-state index contributed by atoms with van der Waals surface area (Å²) in [6.07, 6.45) is 2.16. The molecule has 0 spiro atoms. The normalized spacial score (nSPS) is 19.0. The highest BCUT2D eigenvalue weighted by molar-refractivity contribution is 5.96. The molecule has 0 unspecified atom stereocenters. The van der Waals surface area contributed by atoms with Crippen LogP contribution in [0, 0.1) is 5.82 Å². The summed E-state index contributed by atoms with van der Waals surface area (Å²) < 4.78 is 13.1. The van der Waals surface area contributed by atoms with Crippen molar-refractivity contribution in [1.82, 2.24) is 9.80 Å². The summed E-state index contributed by atoms with van der Waals surface area (Å²) in [5.74, 6) is -0.492. The third-order valence-electron chi connectivity index (χ3n) is 5.12. The van der Waals surface area contributed by atoms with Gasteiger partial charge in [0.1, 0.15) is 11.9 Å². The minimum atomic E-state index is -0.568. The van der Waals surface area contributed by atoms with E-state index in [4.69, 9.17) is 0 Å². The number of amides is 2. The van der Waals surface area contributed by atoms with Crippen LogP contribution in [0.4, 0.5) is 10.1 Å². The van der Waals surface area contributed by atoms with Crippen LogP contribution in [0.2, 0.25) is 0 Å². The molecule has 1 saturated carbocycles. The molecule has 1 aliphatic heterocycles. The number of carbonyl (C=O) groups excluding carboxylic acids is 2. The number of nitrogens with one attached hydrogen (secondary N) is 1. The number of anilines is 1. The van der Waals surface area contributed by atoms with Crippen molar-refractivity contribution < 1.29 is 14.0 Å². The van der Waals surface area contributed by atoms with Gasteiger partial charge in [-0.05, 0) is 42.7 Å². The number of halogens is 1. The van der Waals surface area contributed by atoms with Crippen molar-refractivity contribution in [3.63, 3.8) is 0 Å². The van der Waals surface area contributed by atoms with Crippen molar-refractivity contribution in [2.24, 2.45) is 0 Å². The predicted molar refractivity (Wildman–Crippen MR) is 101 cm³/mol. The van der Waals surface area contributed by atoms with E-state index in [9.17, 15) is 14.0 Å². The fourth-order valence-electron chi connectivity index (χ4n) is 3.60. The Hall–Kier alpha value is -2.73. The molecule has 1 heterocycles. The lowest BCUT2D eigenvalue weighted by Crippen LogP contribution is -2.53. The summed E-state index contributed by atoms with van der Waals surface area (Å²) in [5, 5.41) is 2.85. The highest BCUT2D eigenvalue weighted by Crippen LogP contribution is 2.30. The van der Waals surface area contributed by atoms with Gasteiger partial charge < -0.3 is 10.2 Å². The molecule has 2 fully saturated rings. The molecule has 1 saturated heterocycles. The third kappa shape index (κ3) is 4.01. The second-order valence-corrected chi connectivity index (χ2v) is 7.10. The van der Waals surface area contributed by atoms with Gasteiger partial charge in [-0.2, -0.15) is 0 Å². The predicted octanol–water partition coefficient (Wildman–Crippen LogP) is 2.81. The Morgan fingerprint density at radius 2 is 1.74 bits per heavy atom. The average molecular weight is 367 g/mol. The zero-order chi connectivity index (χ0) is 18.8. The maximum absolute atomic E-state index is 13.1. The fourth-order valence-corrected chi connectivity index (χ4v) is 3.60. The Morgan fingerprint density at radius 3 is 2.37 bits per heavy atom. The lowest BCUT2D eigenvalue weighted by atomic mass is 10.0. The van der Waals surface area contributed by atoms with E-state index in [2.05, 4.69) is 5.32 Å². The second kappa shape index (κ2) is 7.48. The highest BCUT2D eigenvalue weighted by Gasteiger charge is 2.39. The molecule has 1 aliphatic carbocycles. The van der Waals surface area contributed by atoms with Gasteiger partial charge in [0.05, 0.1) is 6.54 Å². The van der Waals surface area contributed by atoms with Crippen LogP contribution in [0.1, 0.15) is 24.4 Å². The quantitative estimate of drug-likeness (QED) is 0.884. The lowest BCUT2D eigenvalue weighted by Gasteiger charge is -2.38. The van der Waals surface area contributed by atoms with Gasteiger partial charge in [0.15, 0.2) is 0 Å². The number of rotatable bonds is 5. The van der Waals surface area contributed by atoms with Crippen LogP contribution in [0.25, 0.3) is 0 Å². The SMILES string of the molecule is O=C(Nc1ccc(F)cc1)[C@@H](c1ccccc1)N1CCN(C2CC2)C(=O)C1. The topological polar surface area (TPSA) is 52.7 Å². The van der Waals surface area contributed by atoms with Crippen molar-refractivity contribution in [2.75, 3.05) is 25.0 Å². The van der Waals surface area contributed by atoms with Gasteiger partial charge in [0.25, 0.3) is 0 Å². The number of piperazine rings is 1. The summed E-state index contributed by atoms with van der Waals surface area (Å²) >= 11 is 0. The zero-order valence-corrected chi connectivity index (χ0v) is 15.0. The largest absolute Gasteiger partial charge is 0.337 e. The summed E-state index contributed by atoms with van der Waals surface area (Å²) in [7, 11) is 0. The summed E-state index contributed by atoms with van der Waals surface area (Å²) in [5.41, 5.74) is 1.37. The molecule has 5 nitrogen and oxygen atoms in total. The highest BCUT2D eigenvalue weighted by atomic mass is 19.1. The minimum absolute atomic E-state index is 0.0827. The Labute approximate surface area is 157 Å².